The standard InChI is InChI=1S/C15H9F6N5O/c1-7-10(6-22-13-24-12(15(19,20)21)25-26(7)13)11(27)23-9-4-2-3-8(5-9)14(16,17)18/h2-6H,1H3,(H,23,27). The molecule has 1 amide bonds. The smallest absolute Gasteiger partial charge is 0.322 e. The van der Waals surface area contributed by atoms with E-state index in [2.05, 4.69) is 20.4 Å². The van der Waals surface area contributed by atoms with Crippen LogP contribution in [0.2, 0.25) is 0 Å². The molecule has 0 aliphatic carbocycles. The molecule has 1 aromatic carbocycles. The zero-order chi connectivity index (χ0) is 20.0. The van der Waals surface area contributed by atoms with Gasteiger partial charge in [-0.15, -0.1) is 5.10 Å². The molecule has 0 atom stereocenters. The van der Waals surface area contributed by atoms with Crippen LogP contribution in [0.1, 0.15) is 27.4 Å². The van der Waals surface area contributed by atoms with Crippen LogP contribution in [0.15, 0.2) is 30.5 Å². The van der Waals surface area contributed by atoms with Gasteiger partial charge >= 0.3 is 12.4 Å². The molecule has 0 saturated heterocycles. The summed E-state index contributed by atoms with van der Waals surface area (Å²) < 4.78 is 77.0. The number of hydrogen-bond donors (Lipinski definition) is 1. The number of hydrogen-bond acceptors (Lipinski definition) is 4. The summed E-state index contributed by atoms with van der Waals surface area (Å²) in [6.07, 6.45) is -8.41. The lowest BCUT2D eigenvalue weighted by Crippen LogP contribution is -2.17. The van der Waals surface area contributed by atoms with E-state index in [1.165, 1.54) is 13.0 Å². The highest BCUT2D eigenvalue weighted by Crippen LogP contribution is 2.31. The second-order valence-electron chi connectivity index (χ2n) is 5.43. The monoisotopic (exact) mass is 389 g/mol. The van der Waals surface area contributed by atoms with Gasteiger partial charge in [-0.2, -0.15) is 31.3 Å². The molecule has 27 heavy (non-hydrogen) atoms. The summed E-state index contributed by atoms with van der Waals surface area (Å²) in [5, 5.41) is 5.52. The summed E-state index contributed by atoms with van der Waals surface area (Å²) >= 11 is 0. The van der Waals surface area contributed by atoms with Gasteiger partial charge in [0.05, 0.1) is 16.8 Å². The number of nitrogens with one attached hydrogen (secondary N) is 1. The fourth-order valence-corrected chi connectivity index (χ4v) is 2.26. The number of nitrogens with zero attached hydrogens (tertiary/aromatic N) is 4. The molecule has 0 spiro atoms. The van der Waals surface area contributed by atoms with Gasteiger partial charge in [0, 0.05) is 11.9 Å². The summed E-state index contributed by atoms with van der Waals surface area (Å²) in [6, 6.07) is 3.92. The van der Waals surface area contributed by atoms with Gasteiger partial charge < -0.3 is 5.32 Å². The van der Waals surface area contributed by atoms with Gasteiger partial charge in [0.25, 0.3) is 17.5 Å². The van der Waals surface area contributed by atoms with Crippen LogP contribution in [0.5, 0.6) is 0 Å². The van der Waals surface area contributed by atoms with Crippen molar-refractivity contribution in [1.82, 2.24) is 19.6 Å². The van der Waals surface area contributed by atoms with Gasteiger partial charge in [-0.05, 0) is 25.1 Å². The predicted molar refractivity (Wildman–Crippen MR) is 79.9 cm³/mol. The molecule has 6 nitrogen and oxygen atoms in total. The van der Waals surface area contributed by atoms with Crippen molar-refractivity contribution in [3.05, 3.63) is 53.1 Å². The van der Waals surface area contributed by atoms with Crippen molar-refractivity contribution in [2.45, 2.75) is 19.3 Å². The van der Waals surface area contributed by atoms with Gasteiger partial charge in [-0.3, -0.25) is 4.79 Å². The van der Waals surface area contributed by atoms with Crippen molar-refractivity contribution < 1.29 is 31.1 Å². The quantitative estimate of drug-likeness (QED) is 0.678. The number of carbonyl (C=O) groups is 1. The van der Waals surface area contributed by atoms with Gasteiger partial charge in [-0.1, -0.05) is 6.07 Å². The van der Waals surface area contributed by atoms with E-state index in [0.29, 0.717) is 0 Å². The number of alkyl halides is 6. The average molecular weight is 389 g/mol. The molecule has 0 aliphatic heterocycles. The lowest BCUT2D eigenvalue weighted by Gasteiger charge is -2.11. The Morgan fingerprint density at radius 3 is 2.44 bits per heavy atom. The van der Waals surface area contributed by atoms with Crippen molar-refractivity contribution in [3.63, 3.8) is 0 Å². The molecule has 0 saturated carbocycles. The van der Waals surface area contributed by atoms with Gasteiger partial charge in [0.2, 0.25) is 0 Å². The fraction of sp³-hybridized carbons (Fsp3) is 0.200. The number of anilines is 1. The maximum atomic E-state index is 12.7. The summed E-state index contributed by atoms with van der Waals surface area (Å²) in [7, 11) is 0. The Bertz CT molecular complexity index is 1020. The van der Waals surface area contributed by atoms with Gasteiger partial charge in [0.1, 0.15) is 0 Å². The van der Waals surface area contributed by atoms with Gasteiger partial charge in [-0.25, -0.2) is 9.50 Å². The zero-order valence-corrected chi connectivity index (χ0v) is 13.4. The molecule has 142 valence electrons. The van der Waals surface area contributed by atoms with E-state index in [4.69, 9.17) is 0 Å². The van der Waals surface area contributed by atoms with Crippen LogP contribution in [-0.4, -0.2) is 25.5 Å². The number of rotatable bonds is 2. The van der Waals surface area contributed by atoms with Crippen molar-refractivity contribution >= 4 is 17.4 Å². The van der Waals surface area contributed by atoms with E-state index in [1.807, 2.05) is 0 Å². The van der Waals surface area contributed by atoms with Gasteiger partial charge in [0.15, 0.2) is 0 Å². The van der Waals surface area contributed by atoms with E-state index < -0.39 is 29.6 Å². The molecule has 3 rings (SSSR count). The van der Waals surface area contributed by atoms with Crippen LogP contribution in [0.4, 0.5) is 32.0 Å². The number of aryl methyl sites for hydroxylation is 1. The number of carbonyl (C=O) groups excluding carboxylic acids is 1. The van der Waals surface area contributed by atoms with Crippen LogP contribution in [-0.2, 0) is 12.4 Å². The van der Waals surface area contributed by atoms with Crippen molar-refractivity contribution in [1.29, 1.82) is 0 Å². The maximum Gasteiger partial charge on any atom is 0.453 e. The SMILES string of the molecule is Cc1c(C(=O)Nc2cccc(C(F)(F)F)c2)cnc2nc(C(F)(F)F)nn12. The molecule has 0 bridgehead atoms. The highest BCUT2D eigenvalue weighted by Gasteiger charge is 2.37. The maximum absolute atomic E-state index is 12.7. The van der Waals surface area contributed by atoms with Crippen LogP contribution >= 0.6 is 0 Å². The lowest BCUT2D eigenvalue weighted by molar-refractivity contribution is -0.144. The van der Waals surface area contributed by atoms with E-state index in [0.717, 1.165) is 28.9 Å². The molecule has 0 aliphatic rings. The molecular formula is C15H9F6N5O. The summed E-state index contributed by atoms with van der Waals surface area (Å²) in [5.41, 5.74) is -1.27. The largest absolute Gasteiger partial charge is 0.453 e. The fourth-order valence-electron chi connectivity index (χ4n) is 2.26. The van der Waals surface area contributed by atoms with Crippen molar-refractivity contribution in [3.8, 4) is 0 Å². The third-order valence-electron chi connectivity index (χ3n) is 3.55. The topological polar surface area (TPSA) is 72.2 Å². The molecule has 3 aromatic rings. The first-order valence-corrected chi connectivity index (χ1v) is 7.25. The predicted octanol–water partition coefficient (Wildman–Crippen LogP) is 3.72. The third-order valence-corrected chi connectivity index (χ3v) is 3.55. The first kappa shape index (κ1) is 18.6. The second kappa shape index (κ2) is 6.21. The Hall–Kier alpha value is -3.18. The Morgan fingerprint density at radius 1 is 1.11 bits per heavy atom. The first-order chi connectivity index (χ1) is 12.5. The zero-order valence-electron chi connectivity index (χ0n) is 13.4. The number of amides is 1. The average Bonchev–Trinajstić information content (AvgIpc) is 3.00. The molecule has 2 aromatic heterocycles. The van der Waals surface area contributed by atoms with Crippen molar-refractivity contribution in [2.75, 3.05) is 5.32 Å². The number of fused-ring (bicyclic) bond motifs is 1. The Kier molecular flexibility index (Phi) is 4.28. The molecule has 12 heteroatoms. The Morgan fingerprint density at radius 2 is 1.81 bits per heavy atom. The lowest BCUT2D eigenvalue weighted by atomic mass is 10.1. The molecule has 2 heterocycles. The number of benzene rings is 1. The van der Waals surface area contributed by atoms with Crippen LogP contribution in [0, 0.1) is 6.92 Å². The minimum Gasteiger partial charge on any atom is -0.322 e. The Labute approximate surface area is 146 Å². The van der Waals surface area contributed by atoms with Crippen LogP contribution in [0.25, 0.3) is 5.78 Å². The third kappa shape index (κ3) is 3.68. The molecule has 0 radical (unpaired) electrons. The molecule has 1 N–H and O–H groups in total. The van der Waals surface area contributed by atoms with E-state index in [1.54, 1.807) is 0 Å². The minimum absolute atomic E-state index is 0.00697. The number of aromatic nitrogens is 4. The highest BCUT2D eigenvalue weighted by atomic mass is 19.4. The van der Waals surface area contributed by atoms with E-state index in [9.17, 15) is 31.1 Å². The van der Waals surface area contributed by atoms with E-state index >= 15 is 0 Å². The van der Waals surface area contributed by atoms with Crippen molar-refractivity contribution in [2.24, 2.45) is 0 Å². The minimum atomic E-state index is -4.79. The van der Waals surface area contributed by atoms with E-state index in [-0.39, 0.29) is 22.7 Å². The first-order valence-electron chi connectivity index (χ1n) is 7.25. The number of halogens is 6. The summed E-state index contributed by atoms with van der Waals surface area (Å²) in [6.45, 7) is 1.31. The normalized spacial score (nSPS) is 12.4. The van der Waals surface area contributed by atoms with Crippen LogP contribution in [0.3, 0.4) is 0 Å². The summed E-state index contributed by atoms with van der Waals surface area (Å²) in [5.74, 6) is -2.64. The Balaban J connectivity index is 1.93. The molecule has 0 unspecified atom stereocenters. The summed E-state index contributed by atoms with van der Waals surface area (Å²) in [4.78, 5) is 19.2. The second-order valence-corrected chi connectivity index (χ2v) is 5.43. The molecular weight excluding hydrogens is 380 g/mol. The molecule has 0 fully saturated rings. The highest BCUT2D eigenvalue weighted by molar-refractivity contribution is 6.04. The van der Waals surface area contributed by atoms with Crippen LogP contribution < -0.4 is 5.32 Å².